The molecule has 0 aromatic rings. The Labute approximate surface area is 90.7 Å². The van der Waals surface area contributed by atoms with E-state index in [1.165, 1.54) is 0 Å². The lowest BCUT2D eigenvalue weighted by Gasteiger charge is -2.20. The van der Waals surface area contributed by atoms with Crippen LogP contribution in [0.15, 0.2) is 5.16 Å². The number of carbonyl (C=O) groups is 1. The molecule has 0 radical (unpaired) electrons. The fourth-order valence-corrected chi connectivity index (χ4v) is 1.09. The van der Waals surface area contributed by atoms with E-state index in [0.29, 0.717) is 12.3 Å². The Kier molecular flexibility index (Phi) is 5.74. The van der Waals surface area contributed by atoms with Gasteiger partial charge in [0.15, 0.2) is 5.84 Å². The standard InChI is InChI=1S/C10H21N3O2/c1-5-8(9(11)13-15)10(14)12-7(4)6(2)3/h6-8,15H,5H2,1-4H3,(H2,11,13)(H,12,14). The van der Waals surface area contributed by atoms with Crippen LogP contribution in [-0.2, 0) is 4.79 Å². The molecule has 4 N–H and O–H groups in total. The maximum Gasteiger partial charge on any atom is 0.231 e. The minimum Gasteiger partial charge on any atom is -0.409 e. The van der Waals surface area contributed by atoms with Gasteiger partial charge in [-0.1, -0.05) is 25.9 Å². The van der Waals surface area contributed by atoms with E-state index in [1.54, 1.807) is 0 Å². The molecule has 15 heavy (non-hydrogen) atoms. The fourth-order valence-electron chi connectivity index (χ4n) is 1.09. The first-order chi connectivity index (χ1) is 6.93. The zero-order valence-corrected chi connectivity index (χ0v) is 9.82. The average molecular weight is 215 g/mol. The van der Waals surface area contributed by atoms with Crippen LogP contribution in [0.3, 0.4) is 0 Å². The van der Waals surface area contributed by atoms with Crippen LogP contribution in [0.1, 0.15) is 34.1 Å². The van der Waals surface area contributed by atoms with Crippen LogP contribution in [-0.4, -0.2) is 23.0 Å². The largest absolute Gasteiger partial charge is 0.409 e. The van der Waals surface area contributed by atoms with Crippen molar-refractivity contribution in [1.82, 2.24) is 5.32 Å². The molecular formula is C10H21N3O2. The SMILES string of the molecule is CCC(C(=O)NC(C)C(C)C)C(N)=NO. The lowest BCUT2D eigenvalue weighted by Crippen LogP contribution is -2.44. The summed E-state index contributed by atoms with van der Waals surface area (Å²) >= 11 is 0. The third-order valence-electron chi connectivity index (χ3n) is 2.57. The number of hydrogen-bond donors (Lipinski definition) is 3. The predicted octanol–water partition coefficient (Wildman–Crippen LogP) is 0.920. The third kappa shape index (κ3) is 4.18. The molecule has 0 rings (SSSR count). The van der Waals surface area contributed by atoms with Crippen molar-refractivity contribution in [3.8, 4) is 0 Å². The molecule has 0 saturated heterocycles. The van der Waals surface area contributed by atoms with Crippen LogP contribution in [0.4, 0.5) is 0 Å². The highest BCUT2D eigenvalue weighted by Gasteiger charge is 2.23. The van der Waals surface area contributed by atoms with Gasteiger partial charge in [0, 0.05) is 6.04 Å². The molecule has 0 heterocycles. The van der Waals surface area contributed by atoms with Crippen LogP contribution in [0.5, 0.6) is 0 Å². The molecule has 5 nitrogen and oxygen atoms in total. The quantitative estimate of drug-likeness (QED) is 0.276. The molecule has 0 aromatic carbocycles. The minimum absolute atomic E-state index is 0.0362. The van der Waals surface area contributed by atoms with Gasteiger partial charge in [0.1, 0.15) is 0 Å². The Morgan fingerprint density at radius 1 is 1.47 bits per heavy atom. The van der Waals surface area contributed by atoms with Crippen molar-refractivity contribution in [3.63, 3.8) is 0 Å². The van der Waals surface area contributed by atoms with Gasteiger partial charge >= 0.3 is 0 Å². The Morgan fingerprint density at radius 2 is 2.00 bits per heavy atom. The van der Waals surface area contributed by atoms with Crippen LogP contribution < -0.4 is 11.1 Å². The summed E-state index contributed by atoms with van der Waals surface area (Å²) in [6, 6.07) is 0.0815. The molecule has 0 aliphatic rings. The maximum absolute atomic E-state index is 11.7. The van der Waals surface area contributed by atoms with Crippen molar-refractivity contribution >= 4 is 11.7 Å². The van der Waals surface area contributed by atoms with Crippen LogP contribution in [0, 0.1) is 11.8 Å². The first-order valence-corrected chi connectivity index (χ1v) is 5.21. The van der Waals surface area contributed by atoms with Crippen LogP contribution in [0.2, 0.25) is 0 Å². The van der Waals surface area contributed by atoms with Crippen molar-refractivity contribution in [2.75, 3.05) is 0 Å². The summed E-state index contributed by atoms with van der Waals surface area (Å²) in [5.41, 5.74) is 5.42. The van der Waals surface area contributed by atoms with Crippen molar-refractivity contribution < 1.29 is 10.0 Å². The van der Waals surface area contributed by atoms with Crippen molar-refractivity contribution in [3.05, 3.63) is 0 Å². The second-order valence-electron chi connectivity index (χ2n) is 4.03. The van der Waals surface area contributed by atoms with E-state index in [-0.39, 0.29) is 17.8 Å². The highest BCUT2D eigenvalue weighted by molar-refractivity contribution is 6.02. The number of nitrogens with zero attached hydrogens (tertiary/aromatic N) is 1. The van der Waals surface area contributed by atoms with E-state index in [2.05, 4.69) is 10.5 Å². The topological polar surface area (TPSA) is 87.7 Å². The van der Waals surface area contributed by atoms with Gasteiger partial charge in [0.25, 0.3) is 0 Å². The Morgan fingerprint density at radius 3 is 2.33 bits per heavy atom. The fraction of sp³-hybridized carbons (Fsp3) is 0.800. The lowest BCUT2D eigenvalue weighted by atomic mass is 10.0. The summed E-state index contributed by atoms with van der Waals surface area (Å²) in [6.07, 6.45) is 0.520. The highest BCUT2D eigenvalue weighted by atomic mass is 16.4. The predicted molar refractivity (Wildman–Crippen MR) is 59.6 cm³/mol. The third-order valence-corrected chi connectivity index (χ3v) is 2.57. The first kappa shape index (κ1) is 13.7. The monoisotopic (exact) mass is 215 g/mol. The number of oxime groups is 1. The van der Waals surface area contributed by atoms with Gasteiger partial charge in [0.05, 0.1) is 5.92 Å². The van der Waals surface area contributed by atoms with E-state index in [9.17, 15) is 4.79 Å². The van der Waals surface area contributed by atoms with Crippen molar-refractivity contribution in [2.24, 2.45) is 22.7 Å². The van der Waals surface area contributed by atoms with Gasteiger partial charge in [-0.3, -0.25) is 4.79 Å². The molecule has 0 aliphatic carbocycles. The van der Waals surface area contributed by atoms with E-state index in [1.807, 2.05) is 27.7 Å². The molecule has 5 heteroatoms. The van der Waals surface area contributed by atoms with Gasteiger partial charge < -0.3 is 16.3 Å². The molecule has 2 unspecified atom stereocenters. The molecule has 0 spiro atoms. The smallest absolute Gasteiger partial charge is 0.231 e. The molecule has 2 atom stereocenters. The number of nitrogens with one attached hydrogen (secondary N) is 1. The summed E-state index contributed by atoms with van der Waals surface area (Å²) in [5, 5.41) is 14.2. The van der Waals surface area contributed by atoms with Gasteiger partial charge in [-0.2, -0.15) is 0 Å². The molecule has 0 saturated carbocycles. The molecular weight excluding hydrogens is 194 g/mol. The van der Waals surface area contributed by atoms with E-state index < -0.39 is 5.92 Å². The molecule has 0 aromatic heterocycles. The second kappa shape index (κ2) is 6.27. The Bertz CT molecular complexity index is 239. The number of carbonyl (C=O) groups excluding carboxylic acids is 1. The molecule has 88 valence electrons. The van der Waals surface area contributed by atoms with Crippen molar-refractivity contribution in [2.45, 2.75) is 40.2 Å². The number of hydrogen-bond acceptors (Lipinski definition) is 3. The lowest BCUT2D eigenvalue weighted by molar-refractivity contribution is -0.124. The van der Waals surface area contributed by atoms with Gasteiger partial charge in [-0.15, -0.1) is 0 Å². The molecule has 0 fully saturated rings. The van der Waals surface area contributed by atoms with E-state index in [4.69, 9.17) is 10.9 Å². The minimum atomic E-state index is -0.545. The van der Waals surface area contributed by atoms with Gasteiger partial charge in [-0.05, 0) is 19.3 Å². The average Bonchev–Trinajstić information content (AvgIpc) is 2.18. The van der Waals surface area contributed by atoms with Crippen LogP contribution >= 0.6 is 0 Å². The molecule has 0 bridgehead atoms. The van der Waals surface area contributed by atoms with E-state index in [0.717, 1.165) is 0 Å². The van der Waals surface area contributed by atoms with Crippen molar-refractivity contribution in [1.29, 1.82) is 0 Å². The summed E-state index contributed by atoms with van der Waals surface area (Å²) in [6.45, 7) is 7.80. The number of amides is 1. The Balaban J connectivity index is 4.41. The van der Waals surface area contributed by atoms with Crippen LogP contribution in [0.25, 0.3) is 0 Å². The zero-order chi connectivity index (χ0) is 12.0. The molecule has 1 amide bonds. The normalized spacial score (nSPS) is 16.2. The molecule has 0 aliphatic heterocycles. The summed E-state index contributed by atoms with van der Waals surface area (Å²) < 4.78 is 0. The van der Waals surface area contributed by atoms with Gasteiger partial charge in [-0.25, -0.2) is 0 Å². The number of rotatable bonds is 5. The Hall–Kier alpha value is -1.26. The number of nitrogens with two attached hydrogens (primary N) is 1. The van der Waals surface area contributed by atoms with E-state index >= 15 is 0 Å². The summed E-state index contributed by atoms with van der Waals surface area (Å²) in [4.78, 5) is 11.7. The number of amidine groups is 1. The second-order valence-corrected chi connectivity index (χ2v) is 4.03. The summed E-state index contributed by atoms with van der Waals surface area (Å²) in [7, 11) is 0. The zero-order valence-electron chi connectivity index (χ0n) is 9.82. The van der Waals surface area contributed by atoms with Gasteiger partial charge in [0.2, 0.25) is 5.91 Å². The highest BCUT2D eigenvalue weighted by Crippen LogP contribution is 2.06. The summed E-state index contributed by atoms with van der Waals surface area (Å²) in [5.74, 6) is -0.407. The maximum atomic E-state index is 11.7. The first-order valence-electron chi connectivity index (χ1n) is 5.21.